The number of benzene rings is 1. The Morgan fingerprint density at radius 3 is 2.50 bits per heavy atom. The van der Waals surface area contributed by atoms with E-state index in [2.05, 4.69) is 21.2 Å². The fourth-order valence-electron chi connectivity index (χ4n) is 2.71. The fourth-order valence-corrected chi connectivity index (χ4v) is 2.98. The summed E-state index contributed by atoms with van der Waals surface area (Å²) in [5.41, 5.74) is 1.01. The Kier molecular flexibility index (Phi) is 6.43. The zero-order valence-corrected chi connectivity index (χ0v) is 14.4. The molecule has 0 saturated heterocycles. The van der Waals surface area contributed by atoms with Gasteiger partial charge in [0, 0.05) is 4.47 Å². The van der Waals surface area contributed by atoms with Gasteiger partial charge in [-0.1, -0.05) is 47.3 Å². The Morgan fingerprint density at radius 2 is 1.86 bits per heavy atom. The van der Waals surface area contributed by atoms with E-state index in [1.54, 1.807) is 0 Å². The van der Waals surface area contributed by atoms with E-state index in [9.17, 15) is 9.59 Å². The molecule has 0 aliphatic heterocycles. The largest absolute Gasteiger partial charge is 0.455 e. The number of amides is 1. The van der Waals surface area contributed by atoms with Crippen molar-refractivity contribution in [3.63, 3.8) is 0 Å². The van der Waals surface area contributed by atoms with Crippen LogP contribution in [0.25, 0.3) is 0 Å². The van der Waals surface area contributed by atoms with Crippen molar-refractivity contribution >= 4 is 27.8 Å². The normalized spacial score (nSPS) is 16.8. The first-order valence-corrected chi connectivity index (χ1v) is 8.57. The van der Waals surface area contributed by atoms with E-state index in [1.165, 1.54) is 6.42 Å². The quantitative estimate of drug-likeness (QED) is 0.806. The van der Waals surface area contributed by atoms with Gasteiger partial charge in [-0.3, -0.25) is 9.59 Å². The van der Waals surface area contributed by atoms with Crippen molar-refractivity contribution in [2.24, 2.45) is 5.92 Å². The van der Waals surface area contributed by atoms with Crippen molar-refractivity contribution in [2.45, 2.75) is 45.1 Å². The number of halogens is 1. The van der Waals surface area contributed by atoms with E-state index >= 15 is 0 Å². The number of hydrogen-bond acceptors (Lipinski definition) is 3. The molecular formula is C17H22BrNO3. The number of hydrogen-bond donors (Lipinski definition) is 1. The highest BCUT2D eigenvalue weighted by molar-refractivity contribution is 9.10. The van der Waals surface area contributed by atoms with Gasteiger partial charge in [-0.15, -0.1) is 0 Å². The maximum atomic E-state index is 11.9. The molecule has 1 fully saturated rings. The van der Waals surface area contributed by atoms with Crippen LogP contribution >= 0.6 is 15.9 Å². The van der Waals surface area contributed by atoms with Gasteiger partial charge >= 0.3 is 5.97 Å². The predicted molar refractivity (Wildman–Crippen MR) is 88.2 cm³/mol. The molecule has 5 heteroatoms. The van der Waals surface area contributed by atoms with Gasteiger partial charge in [0.1, 0.15) is 0 Å². The van der Waals surface area contributed by atoms with Gasteiger partial charge in [0.2, 0.25) is 0 Å². The lowest BCUT2D eigenvalue weighted by molar-refractivity contribution is -0.153. The Labute approximate surface area is 139 Å². The van der Waals surface area contributed by atoms with E-state index in [0.717, 1.165) is 35.7 Å². The second-order valence-electron chi connectivity index (χ2n) is 5.78. The summed E-state index contributed by atoms with van der Waals surface area (Å²) >= 11 is 3.38. The molecule has 120 valence electrons. The fraction of sp³-hybridized carbons (Fsp3) is 0.529. The minimum absolute atomic E-state index is 0.0227. The van der Waals surface area contributed by atoms with Crippen molar-refractivity contribution in [3.8, 4) is 0 Å². The third kappa shape index (κ3) is 5.13. The summed E-state index contributed by atoms with van der Waals surface area (Å²) in [6.07, 6.45) is 5.11. The summed E-state index contributed by atoms with van der Waals surface area (Å²) in [5.74, 6) is -0.517. The van der Waals surface area contributed by atoms with Crippen LogP contribution in [0.4, 0.5) is 0 Å². The van der Waals surface area contributed by atoms with Crippen molar-refractivity contribution in [1.82, 2.24) is 5.32 Å². The minimum Gasteiger partial charge on any atom is -0.455 e. The topological polar surface area (TPSA) is 55.4 Å². The van der Waals surface area contributed by atoms with E-state index in [-0.39, 0.29) is 30.4 Å². The van der Waals surface area contributed by atoms with E-state index < -0.39 is 0 Å². The lowest BCUT2D eigenvalue weighted by Gasteiger charge is -2.20. The summed E-state index contributed by atoms with van der Waals surface area (Å²) in [6, 6.07) is 7.64. The molecular weight excluding hydrogens is 346 g/mol. The van der Waals surface area contributed by atoms with Crippen molar-refractivity contribution in [1.29, 1.82) is 0 Å². The monoisotopic (exact) mass is 367 g/mol. The molecule has 1 aliphatic carbocycles. The Morgan fingerprint density at radius 1 is 1.23 bits per heavy atom. The Hall–Kier alpha value is -1.36. The predicted octanol–water partition coefficient (Wildman–Crippen LogP) is 3.75. The van der Waals surface area contributed by atoms with Crippen LogP contribution in [0.3, 0.4) is 0 Å². The molecule has 0 heterocycles. The first-order chi connectivity index (χ1) is 10.6. The highest BCUT2D eigenvalue weighted by Gasteiger charge is 2.23. The maximum absolute atomic E-state index is 11.9. The lowest BCUT2D eigenvalue weighted by atomic mass is 9.89. The third-order valence-corrected chi connectivity index (χ3v) is 4.56. The number of nitrogens with one attached hydrogen (secondary N) is 1. The van der Waals surface area contributed by atoms with Gasteiger partial charge in [-0.25, -0.2) is 0 Å². The molecule has 0 bridgehead atoms. The van der Waals surface area contributed by atoms with Gasteiger partial charge in [0.25, 0.3) is 5.91 Å². The third-order valence-electron chi connectivity index (χ3n) is 4.03. The molecule has 1 saturated carbocycles. The molecule has 1 aromatic carbocycles. The average Bonchev–Trinajstić information content (AvgIpc) is 2.54. The molecule has 1 aliphatic rings. The second-order valence-corrected chi connectivity index (χ2v) is 6.70. The molecule has 22 heavy (non-hydrogen) atoms. The Bertz CT molecular complexity index is 509. The summed E-state index contributed by atoms with van der Waals surface area (Å²) in [6.45, 7) is 1.71. The van der Waals surface area contributed by atoms with Crippen molar-refractivity contribution in [2.75, 3.05) is 6.61 Å². The minimum atomic E-state index is -0.264. The highest BCUT2D eigenvalue weighted by Crippen LogP contribution is 2.24. The summed E-state index contributed by atoms with van der Waals surface area (Å²) < 4.78 is 6.14. The van der Waals surface area contributed by atoms with E-state index in [0.29, 0.717) is 0 Å². The smallest absolute Gasteiger partial charge is 0.309 e. The zero-order valence-electron chi connectivity index (χ0n) is 12.8. The molecule has 1 amide bonds. The first-order valence-electron chi connectivity index (χ1n) is 7.77. The second kappa shape index (κ2) is 8.32. The van der Waals surface area contributed by atoms with Crippen LogP contribution in [0.15, 0.2) is 28.7 Å². The molecule has 1 unspecified atom stereocenters. The molecule has 2 rings (SSSR count). The number of ether oxygens (including phenoxy) is 1. The zero-order chi connectivity index (χ0) is 15.9. The average molecular weight is 368 g/mol. The molecule has 0 aromatic heterocycles. The van der Waals surface area contributed by atoms with Crippen LogP contribution in [-0.2, 0) is 14.3 Å². The molecule has 4 nitrogen and oxygen atoms in total. The van der Waals surface area contributed by atoms with Crippen LogP contribution in [0.5, 0.6) is 0 Å². The number of esters is 1. The van der Waals surface area contributed by atoms with Gasteiger partial charge in [-0.2, -0.15) is 0 Å². The van der Waals surface area contributed by atoms with E-state index in [1.807, 2.05) is 31.2 Å². The lowest BCUT2D eigenvalue weighted by Crippen LogP contribution is -2.32. The summed E-state index contributed by atoms with van der Waals surface area (Å²) in [7, 11) is 0. The van der Waals surface area contributed by atoms with Crippen LogP contribution in [-0.4, -0.2) is 18.5 Å². The summed E-state index contributed by atoms with van der Waals surface area (Å²) in [4.78, 5) is 23.8. The van der Waals surface area contributed by atoms with Crippen LogP contribution < -0.4 is 5.32 Å². The first kappa shape index (κ1) is 17.0. The number of carbonyl (C=O) groups is 2. The number of carbonyl (C=O) groups excluding carboxylic acids is 2. The van der Waals surface area contributed by atoms with Crippen LogP contribution in [0, 0.1) is 5.92 Å². The SMILES string of the molecule is CC(NC(=O)COC(=O)C1CCCCC1)c1ccc(Br)cc1. The van der Waals surface area contributed by atoms with E-state index in [4.69, 9.17) is 4.74 Å². The highest BCUT2D eigenvalue weighted by atomic mass is 79.9. The number of rotatable bonds is 5. The van der Waals surface area contributed by atoms with Gasteiger partial charge in [0.15, 0.2) is 6.61 Å². The van der Waals surface area contributed by atoms with Gasteiger partial charge in [-0.05, 0) is 37.5 Å². The van der Waals surface area contributed by atoms with Crippen molar-refractivity contribution in [3.05, 3.63) is 34.3 Å². The molecule has 0 radical (unpaired) electrons. The summed E-state index contributed by atoms with van der Waals surface area (Å²) in [5, 5.41) is 2.84. The van der Waals surface area contributed by atoms with Gasteiger partial charge in [0.05, 0.1) is 12.0 Å². The van der Waals surface area contributed by atoms with Crippen LogP contribution in [0.2, 0.25) is 0 Å². The van der Waals surface area contributed by atoms with Crippen LogP contribution in [0.1, 0.15) is 50.6 Å². The molecule has 0 spiro atoms. The molecule has 1 aromatic rings. The Balaban J connectivity index is 1.75. The molecule has 1 N–H and O–H groups in total. The molecule has 1 atom stereocenters. The van der Waals surface area contributed by atoms with Crippen molar-refractivity contribution < 1.29 is 14.3 Å². The standard InChI is InChI=1S/C17H22BrNO3/c1-12(13-7-9-15(18)10-8-13)19-16(20)11-22-17(21)14-5-3-2-4-6-14/h7-10,12,14H,2-6,11H2,1H3,(H,19,20). The van der Waals surface area contributed by atoms with Gasteiger partial charge < -0.3 is 10.1 Å². The maximum Gasteiger partial charge on any atom is 0.309 e.